The summed E-state index contributed by atoms with van der Waals surface area (Å²) in [6.45, 7) is 4.57. The molecule has 3 aromatic rings. The average molecular weight is 1410 g/mol. The third kappa shape index (κ3) is 17.8. The van der Waals surface area contributed by atoms with Crippen LogP contribution in [0.1, 0.15) is 20.8 Å². The fraction of sp³-hybridized carbons (Fsp3) is 0.355. The van der Waals surface area contributed by atoms with Crippen molar-refractivity contribution in [2.75, 3.05) is 55.6 Å². The molecule has 0 spiro atoms. The van der Waals surface area contributed by atoms with E-state index in [1.165, 1.54) is 92.7 Å². The van der Waals surface area contributed by atoms with Crippen LogP contribution in [-0.2, 0) is 18.6 Å². The number of nitrogens with one attached hydrogen (secondary N) is 3. The number of phosphoric acid groups is 1. The van der Waals surface area contributed by atoms with E-state index >= 15 is 0 Å². The molecular weight excluding hydrogens is 1370 g/mol. The number of non-ortho nitro benzene ring substituents is 3. The van der Waals surface area contributed by atoms with E-state index < -0.39 is 46.2 Å². The number of carbonyl (C=O) groups is 2. The monoisotopic (exact) mass is 1410 g/mol. The number of ether oxygens (including phenoxy) is 1. The fourth-order valence-corrected chi connectivity index (χ4v) is 9.00. The predicted molar refractivity (Wildman–Crippen MR) is 222 cm³/mol. The summed E-state index contributed by atoms with van der Waals surface area (Å²) in [6.07, 6.45) is -0.691. The Morgan fingerprint density at radius 2 is 1.27 bits per heavy atom. The Labute approximate surface area is 342 Å². The Balaban J connectivity index is 0.00000115. The summed E-state index contributed by atoms with van der Waals surface area (Å²) < 4.78 is 20.1. The van der Waals surface area contributed by atoms with Gasteiger partial charge in [-0.3, -0.25) is 44.6 Å². The van der Waals surface area contributed by atoms with Gasteiger partial charge in [0.15, 0.2) is 0 Å². The molecule has 7 N–H and O–H groups in total. The van der Waals surface area contributed by atoms with E-state index in [1.54, 1.807) is 47.0 Å². The molecule has 28 heteroatoms. The van der Waals surface area contributed by atoms with Crippen LogP contribution in [0.4, 0.5) is 38.9 Å². The Morgan fingerprint density at radius 1 is 0.831 bits per heavy atom. The van der Waals surface area contributed by atoms with Crippen molar-refractivity contribution in [1.82, 2.24) is 5.32 Å². The molecule has 59 heavy (non-hydrogen) atoms. The van der Waals surface area contributed by atoms with Crippen molar-refractivity contribution in [3.63, 3.8) is 0 Å². The van der Waals surface area contributed by atoms with Crippen LogP contribution in [0.15, 0.2) is 69.3 Å². The number of hydrogen-bond donors (Lipinski definition) is 6. The summed E-state index contributed by atoms with van der Waals surface area (Å²) in [5.41, 5.74) is 6.43. The summed E-state index contributed by atoms with van der Waals surface area (Å²) >= 11 is 0. The van der Waals surface area contributed by atoms with Gasteiger partial charge >= 0.3 is 13.9 Å². The molecule has 336 valence electrons. The molecule has 3 rings (SSSR count). The van der Waals surface area contributed by atoms with E-state index in [0.717, 1.165) is 14.7 Å². The number of hydrogen-bond acceptors (Lipinski definition) is 18. The van der Waals surface area contributed by atoms with Crippen molar-refractivity contribution in [2.24, 2.45) is 5.73 Å². The molecule has 1 unspecified atom stereocenters. The molecule has 0 heterocycles. The zero-order chi connectivity index (χ0) is 43.1. The number of anilines is 3. The minimum atomic E-state index is -4.61. The average Bonchev–Trinajstić information content (AvgIpc) is 3.14. The van der Waals surface area contributed by atoms with Crippen LogP contribution in [0.25, 0.3) is 0 Å². The van der Waals surface area contributed by atoms with E-state index in [1.807, 2.05) is 0 Å². The second-order valence-electron chi connectivity index (χ2n) is 12.1. The summed E-state index contributed by atoms with van der Waals surface area (Å²) in [6, 6.07) is 12.3. The van der Waals surface area contributed by atoms with Gasteiger partial charge in [-0.1, -0.05) is 43.2 Å². The van der Waals surface area contributed by atoms with E-state index in [0.29, 0.717) is 16.3 Å². The van der Waals surface area contributed by atoms with Gasteiger partial charge in [-0.25, -0.2) is 9.36 Å². The first-order valence-corrected chi connectivity index (χ1v) is 22.1. The number of nitrogens with two attached hydrogens (primary N) is 1. The zero-order valence-corrected chi connectivity index (χ0v) is 40.8. The maximum atomic E-state index is 12.4. The smallest absolute Gasteiger partial charge is 0.443 e. The van der Waals surface area contributed by atoms with Crippen LogP contribution >= 0.6 is 51.0 Å². The van der Waals surface area contributed by atoms with Crippen LogP contribution < -0.4 is 26.6 Å². The molecule has 0 fully saturated rings. The molecule has 0 bridgehead atoms. The third-order valence-corrected chi connectivity index (χ3v) is 12.1. The largest absolute Gasteiger partial charge is 0.469 e. The number of nitrogens with zero attached hydrogens (tertiary/aromatic N) is 4. The molecule has 0 saturated carbocycles. The minimum absolute atomic E-state index is 0. The molecule has 0 saturated heterocycles. The molecule has 3 aromatic carbocycles. The van der Waals surface area contributed by atoms with Crippen LogP contribution in [0.5, 0.6) is 0 Å². The summed E-state index contributed by atoms with van der Waals surface area (Å²) in [5.74, 6) is -0.408. The summed E-state index contributed by atoms with van der Waals surface area (Å²) in [5, 5.41) is 41.1. The number of amides is 2. The van der Waals surface area contributed by atoms with Gasteiger partial charge in [-0.15, -0.1) is 0 Å². The first-order valence-electron chi connectivity index (χ1n) is 16.1. The number of carbonyl (C=O) groups excluding carboxylic acids is 2. The van der Waals surface area contributed by atoms with Crippen molar-refractivity contribution in [3.8, 4) is 0 Å². The molecule has 0 aliphatic carbocycles. The molecule has 0 aromatic heterocycles. The maximum absolute atomic E-state index is 12.4. The van der Waals surface area contributed by atoms with Crippen LogP contribution in [0.3, 0.4) is 0 Å². The topological polar surface area (TPSA) is 305 Å². The van der Waals surface area contributed by atoms with E-state index in [9.17, 15) is 44.5 Å². The number of nitro benzene ring substituents is 3. The molecule has 21 nitrogen and oxygen atoms in total. The number of rotatable bonds is 18. The second kappa shape index (κ2) is 23.8. The molecule has 2 amide bonds. The molecular formula is C31H41Fm2N8O13PS4. The quantitative estimate of drug-likeness (QED) is 0.0255. The molecule has 0 radical (unpaired) electrons. The van der Waals surface area contributed by atoms with Crippen molar-refractivity contribution in [2.45, 2.75) is 47.1 Å². The van der Waals surface area contributed by atoms with E-state index in [2.05, 4.69) is 20.5 Å². The van der Waals surface area contributed by atoms with Crippen LogP contribution in [-0.4, -0.2) is 88.2 Å². The predicted octanol–water partition coefficient (Wildman–Crippen LogP) is 6.65. The first kappa shape index (κ1) is 52.7. The Kier molecular flexibility index (Phi) is 21.2. The molecule has 0 aliphatic rings. The summed E-state index contributed by atoms with van der Waals surface area (Å²) in [7, 11) is 5.38. The van der Waals surface area contributed by atoms with Crippen molar-refractivity contribution >= 4 is 97.1 Å². The Bertz CT molecular complexity index is 1920. The fourth-order valence-electron chi connectivity index (χ4n) is 3.99. The molecule has 1 atom stereocenters. The van der Waals surface area contributed by atoms with Crippen LogP contribution in [0.2, 0.25) is 0 Å². The van der Waals surface area contributed by atoms with Crippen molar-refractivity contribution in [3.05, 3.63) is 84.9 Å². The minimum Gasteiger partial charge on any atom is -0.443 e. The van der Waals surface area contributed by atoms with Crippen molar-refractivity contribution in [1.29, 1.82) is 0 Å². The number of phosphoric ester groups is 1. The maximum Gasteiger partial charge on any atom is 0.469 e. The van der Waals surface area contributed by atoms with Gasteiger partial charge in [0.1, 0.15) is 5.60 Å². The van der Waals surface area contributed by atoms with Crippen LogP contribution in [0, 0.1) is 30.3 Å². The van der Waals surface area contributed by atoms with E-state index in [4.69, 9.17) is 20.3 Å². The molecule has 0 aliphatic heterocycles. The van der Waals surface area contributed by atoms with Gasteiger partial charge in [0.05, 0.1) is 44.5 Å². The van der Waals surface area contributed by atoms with Gasteiger partial charge in [-0.2, -0.15) is 0 Å². The van der Waals surface area contributed by atoms with Gasteiger partial charge in [0.25, 0.3) is 17.1 Å². The van der Waals surface area contributed by atoms with Gasteiger partial charge < -0.3 is 36.2 Å². The zero-order valence-electron chi connectivity index (χ0n) is 31.8. The standard InChI is InChI=1S/C17H27N4O9PS2.C14H14N4O4S2.2Fm/c1-17(2,3)30-16(23)20(4)13-9-11(21(24)25)5-6-14(13)33-32-10-12(18)15(22)19-7-8-29-31(26,27)28;1-15-11-7-9(17(19)20)3-5-13(11)23-24-14-6-4-10(18(21)22)8-12(14)16-2;;/h5-6,9,12H,7-8,10,18H2,1-4H3,(H,19,22)(H2,26,27,28);3-8,15-16H,1-2H3;;. The Hall–Kier alpha value is -6.33. The Morgan fingerprint density at radius 3 is 1.68 bits per heavy atom. The summed E-state index contributed by atoms with van der Waals surface area (Å²) in [4.78, 5) is 76.3. The number of benzene rings is 3. The van der Waals surface area contributed by atoms with Gasteiger partial charge in [-0.05, 0) is 39.0 Å². The van der Waals surface area contributed by atoms with E-state index in [-0.39, 0.29) is 41.7 Å². The number of nitro groups is 3. The normalized spacial score (nSPS) is 11.3. The van der Waals surface area contributed by atoms with Gasteiger partial charge in [0, 0.05) is 84.5 Å². The van der Waals surface area contributed by atoms with Gasteiger partial charge in [0.2, 0.25) is 5.91 Å². The first-order chi connectivity index (χ1) is 26.6. The van der Waals surface area contributed by atoms with Crippen molar-refractivity contribution < 1.29 is 48.0 Å². The third-order valence-electron chi connectivity index (χ3n) is 6.68. The second-order valence-corrected chi connectivity index (χ2v) is 17.9. The SMILES string of the molecule is CN(C(=O)OC(C)(C)C)c1cc([N+](=O)[O-])ccc1SSCC(N)C(=O)NCCOP(=O)(O)O.CNc1cc([N+](=O)[O-])ccc1SSc1ccc([N+](=O)[O-])cc1NC.[Fm].[Fm].